The molecule has 4 heterocycles. The number of hydrogen-bond acceptors (Lipinski definition) is 6. The van der Waals surface area contributed by atoms with Gasteiger partial charge in [0.15, 0.2) is 11.4 Å². The molecule has 1 aromatic carbocycles. The molecule has 1 aliphatic rings. The molecule has 5 rings (SSSR count). The predicted octanol–water partition coefficient (Wildman–Crippen LogP) is 5.10. The largest absolute Gasteiger partial charge is 0.493 e. The average Bonchev–Trinajstić information content (AvgIpc) is 3.35. The van der Waals surface area contributed by atoms with Crippen LogP contribution in [-0.4, -0.2) is 43.0 Å². The van der Waals surface area contributed by atoms with Crippen molar-refractivity contribution in [1.29, 1.82) is 0 Å². The second-order valence-electron chi connectivity index (χ2n) is 10.1. The molecule has 1 aliphatic heterocycles. The van der Waals surface area contributed by atoms with Crippen molar-refractivity contribution in [1.82, 2.24) is 19.5 Å². The molecular weight excluding hydrogens is 521 g/mol. The van der Waals surface area contributed by atoms with Crippen LogP contribution in [0.4, 0.5) is 13.2 Å². The Balaban J connectivity index is 1.60. The number of nitrogens with zero attached hydrogens (tertiary/aromatic N) is 4. The van der Waals surface area contributed by atoms with Gasteiger partial charge in [0.25, 0.3) is 0 Å². The minimum absolute atomic E-state index is 0.0607. The Morgan fingerprint density at radius 1 is 1.16 bits per heavy atom. The van der Waals surface area contributed by atoms with Crippen LogP contribution >= 0.6 is 11.6 Å². The van der Waals surface area contributed by atoms with Gasteiger partial charge in [-0.1, -0.05) is 25.4 Å². The van der Waals surface area contributed by atoms with E-state index in [-0.39, 0.29) is 15.9 Å². The molecule has 1 N–H and O–H groups in total. The van der Waals surface area contributed by atoms with Crippen molar-refractivity contribution < 1.29 is 23.0 Å². The zero-order valence-electron chi connectivity index (χ0n) is 20.6. The normalized spacial score (nSPS) is 15.2. The highest BCUT2D eigenvalue weighted by atomic mass is 35.5. The van der Waals surface area contributed by atoms with Crippen LogP contribution in [0.1, 0.15) is 31.4 Å². The van der Waals surface area contributed by atoms with E-state index in [1.807, 2.05) is 6.07 Å². The van der Waals surface area contributed by atoms with Gasteiger partial charge in [-0.15, -0.1) is 0 Å². The average molecular weight is 545 g/mol. The lowest BCUT2D eigenvalue weighted by molar-refractivity contribution is -0.271. The van der Waals surface area contributed by atoms with Gasteiger partial charge in [-0.25, -0.2) is 9.97 Å². The lowest BCUT2D eigenvalue weighted by Crippen LogP contribution is -2.52. The first-order valence-electron chi connectivity index (χ1n) is 11.9. The zero-order chi connectivity index (χ0) is 27.3. The van der Waals surface area contributed by atoms with Gasteiger partial charge in [0, 0.05) is 48.5 Å². The first-order valence-corrected chi connectivity index (χ1v) is 12.3. The molecule has 0 amide bonds. The maximum Gasteiger partial charge on any atom is 0.418 e. The molecule has 1 atom stereocenters. The first kappa shape index (κ1) is 26.1. The van der Waals surface area contributed by atoms with Crippen LogP contribution in [-0.2, 0) is 18.4 Å². The molecule has 198 valence electrons. The van der Waals surface area contributed by atoms with Crippen LogP contribution in [0.25, 0.3) is 22.3 Å². The molecule has 11 heteroatoms. The number of aromatic nitrogens is 4. The summed E-state index contributed by atoms with van der Waals surface area (Å²) in [6, 6.07) is 6.71. The Bertz CT molecular complexity index is 1570. The smallest absolute Gasteiger partial charge is 0.418 e. The Kier molecular flexibility index (Phi) is 6.43. The first-order chi connectivity index (χ1) is 17.9. The molecule has 0 saturated heterocycles. The van der Waals surface area contributed by atoms with Crippen LogP contribution in [0.15, 0.2) is 60.0 Å². The van der Waals surface area contributed by atoms with E-state index in [9.17, 15) is 23.1 Å². The number of benzene rings is 1. The van der Waals surface area contributed by atoms with Gasteiger partial charge in [-0.3, -0.25) is 9.78 Å². The van der Waals surface area contributed by atoms with Crippen LogP contribution in [0.5, 0.6) is 5.75 Å². The summed E-state index contributed by atoms with van der Waals surface area (Å²) in [7, 11) is 0. The fourth-order valence-electron chi connectivity index (χ4n) is 5.08. The topological polar surface area (TPSA) is 90.1 Å². The van der Waals surface area contributed by atoms with E-state index in [0.29, 0.717) is 35.7 Å². The lowest BCUT2D eigenvalue weighted by atomic mass is 9.73. The maximum absolute atomic E-state index is 14.6. The molecule has 0 radical (unpaired) electrons. The van der Waals surface area contributed by atoms with Crippen molar-refractivity contribution in [3.05, 3.63) is 81.6 Å². The van der Waals surface area contributed by atoms with Crippen LogP contribution in [0.2, 0.25) is 5.02 Å². The Morgan fingerprint density at radius 3 is 2.61 bits per heavy atom. The van der Waals surface area contributed by atoms with Crippen molar-refractivity contribution in [3.63, 3.8) is 0 Å². The third kappa shape index (κ3) is 4.63. The van der Waals surface area contributed by atoms with E-state index < -0.39 is 35.6 Å². The van der Waals surface area contributed by atoms with E-state index in [2.05, 4.69) is 15.0 Å². The van der Waals surface area contributed by atoms with Gasteiger partial charge >= 0.3 is 6.18 Å². The molecule has 38 heavy (non-hydrogen) atoms. The fraction of sp³-hybridized carbons (Fsp3) is 0.333. The van der Waals surface area contributed by atoms with Crippen molar-refractivity contribution in [3.8, 4) is 17.1 Å². The van der Waals surface area contributed by atoms with Crippen molar-refractivity contribution in [2.24, 2.45) is 0 Å². The van der Waals surface area contributed by atoms with Crippen molar-refractivity contribution >= 4 is 22.5 Å². The SMILES string of the molecule is CC(C)(CC(O)(Cn1cc(Cl)c(=O)c2cnccc21)C(F)(F)F)c1cc(-c2ncccn2)cc2c1OCC2. The van der Waals surface area contributed by atoms with E-state index in [0.717, 1.165) is 16.3 Å². The van der Waals surface area contributed by atoms with Crippen LogP contribution in [0, 0.1) is 0 Å². The van der Waals surface area contributed by atoms with Gasteiger partial charge in [0.05, 0.1) is 24.1 Å². The Morgan fingerprint density at radius 2 is 1.89 bits per heavy atom. The van der Waals surface area contributed by atoms with Crippen LogP contribution in [0.3, 0.4) is 0 Å². The summed E-state index contributed by atoms with van der Waals surface area (Å²) >= 11 is 6.05. The summed E-state index contributed by atoms with van der Waals surface area (Å²) in [5, 5.41) is 11.1. The summed E-state index contributed by atoms with van der Waals surface area (Å²) in [5.41, 5.74) is -2.74. The Hall–Kier alpha value is -3.50. The molecule has 7 nitrogen and oxygen atoms in total. The molecule has 0 aliphatic carbocycles. The fourth-order valence-corrected chi connectivity index (χ4v) is 5.30. The number of rotatable bonds is 6. The second-order valence-corrected chi connectivity index (χ2v) is 10.5. The monoisotopic (exact) mass is 544 g/mol. The zero-order valence-corrected chi connectivity index (χ0v) is 21.3. The van der Waals surface area contributed by atoms with Crippen LogP contribution < -0.4 is 10.2 Å². The molecule has 4 aromatic rings. The standard InChI is InChI=1S/C27H24ClF3N4O3/c1-25(2,19-11-17(24-33-6-3-7-34-24)10-16-5-9-38-23(16)19)14-26(37,27(29,30)31)15-35-13-20(28)22(36)18-12-32-8-4-21(18)35/h3-4,6-8,10-13,37H,5,9,14-15H2,1-2H3. The number of ether oxygens (including phenoxy) is 1. The summed E-state index contributed by atoms with van der Waals surface area (Å²) in [6.45, 7) is 2.79. The van der Waals surface area contributed by atoms with E-state index >= 15 is 0 Å². The Labute approximate surface area is 220 Å². The molecule has 0 spiro atoms. The summed E-state index contributed by atoms with van der Waals surface area (Å²) in [5.74, 6) is 0.954. The summed E-state index contributed by atoms with van der Waals surface area (Å²) < 4.78 is 50.8. The minimum Gasteiger partial charge on any atom is -0.493 e. The number of aliphatic hydroxyl groups is 1. The third-order valence-corrected chi connectivity index (χ3v) is 7.14. The van der Waals surface area contributed by atoms with Gasteiger partial charge < -0.3 is 14.4 Å². The van der Waals surface area contributed by atoms with Gasteiger partial charge in [0.1, 0.15) is 10.8 Å². The van der Waals surface area contributed by atoms with Gasteiger partial charge in [-0.05, 0) is 41.7 Å². The quantitative estimate of drug-likeness (QED) is 0.363. The molecular formula is C27H24ClF3N4O3. The van der Waals surface area contributed by atoms with Gasteiger partial charge in [0.2, 0.25) is 5.43 Å². The molecule has 1 unspecified atom stereocenters. The molecule has 0 bridgehead atoms. The highest BCUT2D eigenvalue weighted by Crippen LogP contribution is 2.47. The number of fused-ring (bicyclic) bond motifs is 2. The van der Waals surface area contributed by atoms with Crippen molar-refractivity contribution in [2.45, 2.75) is 50.4 Å². The molecule has 0 saturated carbocycles. The van der Waals surface area contributed by atoms with Crippen molar-refractivity contribution in [2.75, 3.05) is 6.61 Å². The highest BCUT2D eigenvalue weighted by Gasteiger charge is 2.56. The summed E-state index contributed by atoms with van der Waals surface area (Å²) in [4.78, 5) is 24.9. The maximum atomic E-state index is 14.6. The predicted molar refractivity (Wildman–Crippen MR) is 136 cm³/mol. The third-order valence-electron chi connectivity index (χ3n) is 6.87. The summed E-state index contributed by atoms with van der Waals surface area (Å²) in [6.07, 6.45) is 1.79. The lowest BCUT2D eigenvalue weighted by Gasteiger charge is -2.39. The number of pyridine rings is 2. The number of alkyl halides is 3. The second kappa shape index (κ2) is 9.36. The minimum atomic E-state index is -5.01. The molecule has 3 aromatic heterocycles. The highest BCUT2D eigenvalue weighted by molar-refractivity contribution is 6.31. The number of halogens is 4. The van der Waals surface area contributed by atoms with E-state index in [1.54, 1.807) is 38.4 Å². The van der Waals surface area contributed by atoms with Gasteiger partial charge in [-0.2, -0.15) is 13.2 Å². The van der Waals surface area contributed by atoms with E-state index in [4.69, 9.17) is 16.3 Å². The van der Waals surface area contributed by atoms with E-state index in [1.165, 1.54) is 18.5 Å². The molecule has 0 fully saturated rings. The number of hydrogen-bond donors (Lipinski definition) is 1.